The molecule has 17 heavy (non-hydrogen) atoms. The van der Waals surface area contributed by atoms with E-state index in [9.17, 15) is 23.1 Å². The number of rotatable bonds is 3. The van der Waals surface area contributed by atoms with Crippen LogP contribution in [0.5, 0.6) is 0 Å². The standard InChI is InChI=1S/C11H18F3NO2/c1-2-3-4-9(16)15-7-5-10(17,6-8-15)11(12,13)14/h17H,2-8H2,1H3. The second kappa shape index (κ2) is 5.25. The molecule has 1 saturated heterocycles. The van der Waals surface area contributed by atoms with Gasteiger partial charge in [-0.05, 0) is 6.42 Å². The third-order valence-corrected chi connectivity index (χ3v) is 3.22. The average Bonchev–Trinajstić information content (AvgIpc) is 2.25. The first-order chi connectivity index (χ1) is 7.80. The predicted molar refractivity (Wildman–Crippen MR) is 56.3 cm³/mol. The van der Waals surface area contributed by atoms with Crippen LogP contribution in [0.2, 0.25) is 0 Å². The highest BCUT2D eigenvalue weighted by atomic mass is 19.4. The summed E-state index contributed by atoms with van der Waals surface area (Å²) < 4.78 is 37.5. The topological polar surface area (TPSA) is 40.5 Å². The normalized spacial score (nSPS) is 20.4. The Labute approximate surface area is 98.6 Å². The average molecular weight is 253 g/mol. The van der Waals surface area contributed by atoms with Gasteiger partial charge in [0, 0.05) is 32.4 Å². The smallest absolute Gasteiger partial charge is 0.380 e. The number of carbonyl (C=O) groups excluding carboxylic acids is 1. The summed E-state index contributed by atoms with van der Waals surface area (Å²) in [5.41, 5.74) is -2.62. The van der Waals surface area contributed by atoms with Crippen LogP contribution in [0.4, 0.5) is 13.2 Å². The molecule has 1 heterocycles. The number of piperidine rings is 1. The summed E-state index contributed by atoms with van der Waals surface area (Å²) in [6.07, 6.45) is -3.44. The number of hydrogen-bond donors (Lipinski definition) is 1. The Morgan fingerprint density at radius 2 is 1.88 bits per heavy atom. The van der Waals surface area contributed by atoms with E-state index in [1.54, 1.807) is 0 Å². The van der Waals surface area contributed by atoms with Crippen LogP contribution in [-0.2, 0) is 4.79 Å². The molecule has 0 aromatic rings. The number of likely N-dealkylation sites (tertiary alicyclic amines) is 1. The monoisotopic (exact) mass is 253 g/mol. The number of unbranched alkanes of at least 4 members (excludes halogenated alkanes) is 1. The minimum atomic E-state index is -4.61. The van der Waals surface area contributed by atoms with Gasteiger partial charge in [0.1, 0.15) is 0 Å². The summed E-state index contributed by atoms with van der Waals surface area (Å²) in [5.74, 6) is -0.115. The summed E-state index contributed by atoms with van der Waals surface area (Å²) in [6, 6.07) is 0. The first kappa shape index (κ1) is 14.3. The van der Waals surface area contributed by atoms with Crippen LogP contribution in [0, 0.1) is 0 Å². The van der Waals surface area contributed by atoms with Gasteiger partial charge in [-0.15, -0.1) is 0 Å². The van der Waals surface area contributed by atoms with Crippen molar-refractivity contribution in [1.29, 1.82) is 0 Å². The van der Waals surface area contributed by atoms with Crippen LogP contribution >= 0.6 is 0 Å². The summed E-state index contributed by atoms with van der Waals surface area (Å²) in [6.45, 7) is 1.92. The van der Waals surface area contributed by atoms with Crippen molar-refractivity contribution in [1.82, 2.24) is 4.90 Å². The second-order valence-corrected chi connectivity index (χ2v) is 4.51. The van der Waals surface area contributed by atoms with E-state index in [4.69, 9.17) is 0 Å². The van der Waals surface area contributed by atoms with Crippen molar-refractivity contribution < 1.29 is 23.1 Å². The van der Waals surface area contributed by atoms with E-state index in [1.165, 1.54) is 4.90 Å². The number of alkyl halides is 3. The van der Waals surface area contributed by atoms with Crippen molar-refractivity contribution in [2.45, 2.75) is 50.8 Å². The Kier molecular flexibility index (Phi) is 4.41. The lowest BCUT2D eigenvalue weighted by molar-refractivity contribution is -0.272. The van der Waals surface area contributed by atoms with Crippen LogP contribution in [0.3, 0.4) is 0 Å². The fraction of sp³-hybridized carbons (Fsp3) is 0.909. The summed E-state index contributed by atoms with van der Waals surface area (Å²) >= 11 is 0. The van der Waals surface area contributed by atoms with Gasteiger partial charge < -0.3 is 10.0 Å². The van der Waals surface area contributed by atoms with E-state index in [0.29, 0.717) is 6.42 Å². The van der Waals surface area contributed by atoms with Crippen molar-refractivity contribution in [2.24, 2.45) is 0 Å². The molecular formula is C11H18F3NO2. The zero-order valence-electron chi connectivity index (χ0n) is 9.89. The number of carbonyl (C=O) groups is 1. The molecule has 0 spiro atoms. The second-order valence-electron chi connectivity index (χ2n) is 4.51. The Morgan fingerprint density at radius 1 is 1.35 bits per heavy atom. The molecule has 0 saturated carbocycles. The molecule has 0 radical (unpaired) electrons. The van der Waals surface area contributed by atoms with E-state index in [1.807, 2.05) is 6.92 Å². The Morgan fingerprint density at radius 3 is 2.29 bits per heavy atom. The first-order valence-corrected chi connectivity index (χ1v) is 5.87. The molecule has 0 unspecified atom stereocenters. The summed E-state index contributed by atoms with van der Waals surface area (Å²) in [7, 11) is 0. The first-order valence-electron chi connectivity index (χ1n) is 5.87. The molecule has 0 aliphatic carbocycles. The van der Waals surface area contributed by atoms with Gasteiger partial charge in [-0.25, -0.2) is 0 Å². The van der Waals surface area contributed by atoms with Gasteiger partial charge in [-0.2, -0.15) is 13.2 Å². The Hall–Kier alpha value is -0.780. The van der Waals surface area contributed by atoms with Gasteiger partial charge in [0.05, 0.1) is 0 Å². The van der Waals surface area contributed by atoms with Gasteiger partial charge in [0.2, 0.25) is 5.91 Å². The molecular weight excluding hydrogens is 235 g/mol. The fourth-order valence-corrected chi connectivity index (χ4v) is 1.90. The quantitative estimate of drug-likeness (QED) is 0.836. The number of halogens is 3. The highest BCUT2D eigenvalue weighted by molar-refractivity contribution is 5.76. The number of nitrogens with zero attached hydrogens (tertiary/aromatic N) is 1. The van der Waals surface area contributed by atoms with Gasteiger partial charge in [-0.3, -0.25) is 4.79 Å². The molecule has 0 aromatic carbocycles. The fourth-order valence-electron chi connectivity index (χ4n) is 1.90. The zero-order chi connectivity index (χ0) is 13.1. The van der Waals surface area contributed by atoms with Crippen molar-refractivity contribution in [3.8, 4) is 0 Å². The van der Waals surface area contributed by atoms with Crippen LogP contribution in [-0.4, -0.2) is 40.8 Å². The lowest BCUT2D eigenvalue weighted by atomic mass is 9.90. The van der Waals surface area contributed by atoms with Gasteiger partial charge in [0.25, 0.3) is 0 Å². The SMILES string of the molecule is CCCCC(=O)N1CCC(O)(C(F)(F)F)CC1. The minimum Gasteiger partial charge on any atom is -0.380 e. The van der Waals surface area contributed by atoms with E-state index < -0.39 is 24.6 Å². The van der Waals surface area contributed by atoms with Crippen molar-refractivity contribution in [3.05, 3.63) is 0 Å². The number of amides is 1. The molecule has 0 aromatic heterocycles. The predicted octanol–water partition coefficient (Wildman–Crippen LogP) is 2.09. The molecule has 1 aliphatic rings. The minimum absolute atomic E-state index is 0.0153. The van der Waals surface area contributed by atoms with Gasteiger partial charge in [-0.1, -0.05) is 13.3 Å². The van der Waals surface area contributed by atoms with E-state index in [-0.39, 0.29) is 19.0 Å². The third-order valence-electron chi connectivity index (χ3n) is 3.22. The van der Waals surface area contributed by atoms with Crippen LogP contribution < -0.4 is 0 Å². The van der Waals surface area contributed by atoms with Crippen molar-refractivity contribution >= 4 is 5.91 Å². The van der Waals surface area contributed by atoms with Crippen LogP contribution in [0.1, 0.15) is 39.0 Å². The van der Waals surface area contributed by atoms with E-state index in [0.717, 1.165) is 12.8 Å². The molecule has 1 rings (SSSR count). The highest BCUT2D eigenvalue weighted by Gasteiger charge is 2.54. The van der Waals surface area contributed by atoms with E-state index in [2.05, 4.69) is 0 Å². The van der Waals surface area contributed by atoms with Gasteiger partial charge >= 0.3 is 6.18 Å². The van der Waals surface area contributed by atoms with Crippen LogP contribution in [0.25, 0.3) is 0 Å². The molecule has 1 aliphatic heterocycles. The van der Waals surface area contributed by atoms with E-state index >= 15 is 0 Å². The molecule has 1 N–H and O–H groups in total. The lowest BCUT2D eigenvalue weighted by Crippen LogP contribution is -2.54. The number of aliphatic hydroxyl groups is 1. The summed E-state index contributed by atoms with van der Waals surface area (Å²) in [5, 5.41) is 9.42. The number of hydrogen-bond acceptors (Lipinski definition) is 2. The molecule has 1 amide bonds. The Bertz CT molecular complexity index is 270. The van der Waals surface area contributed by atoms with Crippen LogP contribution in [0.15, 0.2) is 0 Å². The van der Waals surface area contributed by atoms with Crippen molar-refractivity contribution in [2.75, 3.05) is 13.1 Å². The maximum atomic E-state index is 12.5. The van der Waals surface area contributed by atoms with Crippen molar-refractivity contribution in [3.63, 3.8) is 0 Å². The maximum Gasteiger partial charge on any atom is 0.417 e. The zero-order valence-corrected chi connectivity index (χ0v) is 9.89. The molecule has 100 valence electrons. The maximum absolute atomic E-state index is 12.5. The molecule has 1 fully saturated rings. The Balaban J connectivity index is 2.48. The molecule has 0 atom stereocenters. The van der Waals surface area contributed by atoms with Gasteiger partial charge in [0.15, 0.2) is 5.60 Å². The third kappa shape index (κ3) is 3.34. The molecule has 0 bridgehead atoms. The molecule has 3 nitrogen and oxygen atoms in total. The largest absolute Gasteiger partial charge is 0.417 e. The summed E-state index contributed by atoms with van der Waals surface area (Å²) in [4.78, 5) is 13.0. The highest BCUT2D eigenvalue weighted by Crippen LogP contribution is 2.38. The lowest BCUT2D eigenvalue weighted by Gasteiger charge is -2.39. The molecule has 6 heteroatoms.